The minimum absolute atomic E-state index is 0.0781. The normalized spacial score (nSPS) is 15.4. The summed E-state index contributed by atoms with van der Waals surface area (Å²) >= 11 is 0. The van der Waals surface area contributed by atoms with E-state index in [1.54, 1.807) is 36.4 Å². The molecule has 1 heterocycles. The maximum Gasteiger partial charge on any atom is 0.257 e. The summed E-state index contributed by atoms with van der Waals surface area (Å²) in [7, 11) is 0. The maximum atomic E-state index is 13.5. The third kappa shape index (κ3) is 4.68. The molecule has 1 saturated heterocycles. The van der Waals surface area contributed by atoms with Crippen LogP contribution in [0.5, 0.6) is 0 Å². The molecular formula is C27H23N3O3. The minimum atomic E-state index is -0.884. The number of hydrogen-bond donors (Lipinski definition) is 0. The van der Waals surface area contributed by atoms with Crippen molar-refractivity contribution in [3.05, 3.63) is 101 Å². The Kier molecular flexibility index (Phi) is 6.32. The Balaban J connectivity index is 1.63. The summed E-state index contributed by atoms with van der Waals surface area (Å²) in [5.74, 6) is -1.08. The number of carbonyl (C=O) groups is 3. The average molecular weight is 437 g/mol. The van der Waals surface area contributed by atoms with E-state index in [0.29, 0.717) is 29.8 Å². The van der Waals surface area contributed by atoms with Crippen LogP contribution in [0.4, 0.5) is 5.69 Å². The second-order valence-electron chi connectivity index (χ2n) is 8.05. The van der Waals surface area contributed by atoms with Crippen molar-refractivity contribution in [2.45, 2.75) is 25.8 Å². The highest BCUT2D eigenvalue weighted by atomic mass is 16.2. The number of amides is 3. The SMILES string of the molecule is Cc1ccc(C(=O)N(CCc2ccccc2)C2CC(=O)N(c3ccc(C#N)cc3)C2=O)cc1. The zero-order valence-electron chi connectivity index (χ0n) is 18.3. The van der Waals surface area contributed by atoms with Crippen molar-refractivity contribution in [1.29, 1.82) is 5.26 Å². The van der Waals surface area contributed by atoms with Crippen LogP contribution in [0.15, 0.2) is 78.9 Å². The molecule has 0 radical (unpaired) electrons. The van der Waals surface area contributed by atoms with Crippen LogP contribution in [0.25, 0.3) is 0 Å². The Labute approximate surface area is 192 Å². The molecule has 3 aromatic carbocycles. The number of nitrogens with zero attached hydrogens (tertiary/aromatic N) is 3. The lowest BCUT2D eigenvalue weighted by atomic mass is 10.1. The van der Waals surface area contributed by atoms with E-state index in [1.807, 2.05) is 55.5 Å². The highest BCUT2D eigenvalue weighted by molar-refractivity contribution is 6.23. The fraction of sp³-hybridized carbons (Fsp3) is 0.185. The van der Waals surface area contributed by atoms with E-state index in [4.69, 9.17) is 5.26 Å². The topological polar surface area (TPSA) is 81.5 Å². The van der Waals surface area contributed by atoms with Gasteiger partial charge in [-0.1, -0.05) is 48.0 Å². The van der Waals surface area contributed by atoms with E-state index in [2.05, 4.69) is 0 Å². The van der Waals surface area contributed by atoms with Gasteiger partial charge < -0.3 is 4.90 Å². The molecule has 0 aliphatic carbocycles. The number of imide groups is 1. The van der Waals surface area contributed by atoms with Crippen molar-refractivity contribution in [2.75, 3.05) is 11.4 Å². The number of nitriles is 1. The smallest absolute Gasteiger partial charge is 0.257 e. The minimum Gasteiger partial charge on any atom is -0.326 e. The third-order valence-electron chi connectivity index (χ3n) is 5.80. The first-order valence-electron chi connectivity index (χ1n) is 10.8. The van der Waals surface area contributed by atoms with Crippen LogP contribution in [0.1, 0.15) is 33.5 Å². The van der Waals surface area contributed by atoms with Crippen molar-refractivity contribution in [3.8, 4) is 6.07 Å². The Bertz CT molecular complexity index is 1210. The Morgan fingerprint density at radius 3 is 2.30 bits per heavy atom. The van der Waals surface area contributed by atoms with Gasteiger partial charge in [-0.25, -0.2) is 4.90 Å². The zero-order valence-corrected chi connectivity index (χ0v) is 18.3. The highest BCUT2D eigenvalue weighted by Gasteiger charge is 2.44. The lowest BCUT2D eigenvalue weighted by Crippen LogP contribution is -2.46. The summed E-state index contributed by atoms with van der Waals surface area (Å²) in [6.45, 7) is 2.25. The number of hydrogen-bond acceptors (Lipinski definition) is 4. The molecular weight excluding hydrogens is 414 g/mol. The van der Waals surface area contributed by atoms with Gasteiger partial charge in [0, 0.05) is 12.1 Å². The van der Waals surface area contributed by atoms with Gasteiger partial charge in [0.1, 0.15) is 6.04 Å². The second-order valence-corrected chi connectivity index (χ2v) is 8.05. The van der Waals surface area contributed by atoms with Crippen LogP contribution in [0.3, 0.4) is 0 Å². The fourth-order valence-electron chi connectivity index (χ4n) is 3.97. The molecule has 0 saturated carbocycles. The van der Waals surface area contributed by atoms with E-state index < -0.39 is 11.9 Å². The van der Waals surface area contributed by atoms with Crippen LogP contribution < -0.4 is 4.90 Å². The number of carbonyl (C=O) groups excluding carboxylic acids is 3. The first kappa shape index (κ1) is 22.0. The van der Waals surface area contributed by atoms with Gasteiger partial charge in [-0.3, -0.25) is 14.4 Å². The van der Waals surface area contributed by atoms with Crippen LogP contribution in [0.2, 0.25) is 0 Å². The van der Waals surface area contributed by atoms with Crippen molar-refractivity contribution < 1.29 is 14.4 Å². The second kappa shape index (κ2) is 9.49. The molecule has 164 valence electrons. The summed E-state index contributed by atoms with van der Waals surface area (Å²) in [4.78, 5) is 42.3. The number of benzene rings is 3. The van der Waals surface area contributed by atoms with Gasteiger partial charge in [0.25, 0.3) is 11.8 Å². The summed E-state index contributed by atoms with van der Waals surface area (Å²) in [6, 6.07) is 24.3. The predicted molar refractivity (Wildman–Crippen MR) is 124 cm³/mol. The molecule has 1 unspecified atom stereocenters. The first-order chi connectivity index (χ1) is 16.0. The fourth-order valence-corrected chi connectivity index (χ4v) is 3.97. The number of rotatable bonds is 6. The Morgan fingerprint density at radius 1 is 1.00 bits per heavy atom. The van der Waals surface area contributed by atoms with Crippen molar-refractivity contribution in [3.63, 3.8) is 0 Å². The molecule has 1 aliphatic rings. The van der Waals surface area contributed by atoms with Crippen LogP contribution in [-0.2, 0) is 16.0 Å². The molecule has 3 aromatic rings. The molecule has 33 heavy (non-hydrogen) atoms. The largest absolute Gasteiger partial charge is 0.326 e. The van der Waals surface area contributed by atoms with Gasteiger partial charge in [-0.15, -0.1) is 0 Å². The zero-order chi connectivity index (χ0) is 23.4. The summed E-state index contributed by atoms with van der Waals surface area (Å²) in [5.41, 5.74) is 3.39. The maximum absolute atomic E-state index is 13.5. The first-order valence-corrected chi connectivity index (χ1v) is 10.8. The number of aryl methyl sites for hydroxylation is 1. The van der Waals surface area contributed by atoms with Gasteiger partial charge >= 0.3 is 0 Å². The van der Waals surface area contributed by atoms with Gasteiger partial charge in [-0.05, 0) is 55.3 Å². The van der Waals surface area contributed by atoms with E-state index >= 15 is 0 Å². The standard InChI is InChI=1S/C27H23N3O3/c1-19-7-11-22(12-8-19)26(32)29(16-15-20-5-3-2-4-6-20)24-17-25(31)30(27(24)33)23-13-9-21(18-28)10-14-23/h2-14,24H,15-17H2,1H3. The monoisotopic (exact) mass is 437 g/mol. The Morgan fingerprint density at radius 2 is 1.67 bits per heavy atom. The van der Waals surface area contributed by atoms with E-state index in [0.717, 1.165) is 16.0 Å². The van der Waals surface area contributed by atoms with Crippen LogP contribution in [-0.4, -0.2) is 35.2 Å². The van der Waals surface area contributed by atoms with Gasteiger partial charge in [-0.2, -0.15) is 5.26 Å². The predicted octanol–water partition coefficient (Wildman–Crippen LogP) is 3.88. The molecule has 6 nitrogen and oxygen atoms in total. The van der Waals surface area contributed by atoms with E-state index in [-0.39, 0.29) is 18.2 Å². The van der Waals surface area contributed by atoms with Crippen molar-refractivity contribution in [2.24, 2.45) is 0 Å². The lowest BCUT2D eigenvalue weighted by molar-refractivity contribution is -0.122. The molecule has 3 amide bonds. The van der Waals surface area contributed by atoms with E-state index in [1.165, 1.54) is 4.90 Å². The summed E-state index contributed by atoms with van der Waals surface area (Å²) in [6.07, 6.45) is 0.485. The van der Waals surface area contributed by atoms with Crippen molar-refractivity contribution in [1.82, 2.24) is 4.90 Å². The van der Waals surface area contributed by atoms with E-state index in [9.17, 15) is 14.4 Å². The highest BCUT2D eigenvalue weighted by Crippen LogP contribution is 2.27. The van der Waals surface area contributed by atoms with Crippen LogP contribution in [0, 0.1) is 18.3 Å². The van der Waals surface area contributed by atoms with Gasteiger partial charge in [0.15, 0.2) is 0 Å². The summed E-state index contributed by atoms with van der Waals surface area (Å²) in [5, 5.41) is 9.01. The van der Waals surface area contributed by atoms with Gasteiger partial charge in [0.05, 0.1) is 23.7 Å². The molecule has 0 N–H and O–H groups in total. The number of anilines is 1. The molecule has 4 rings (SSSR count). The molecule has 1 aliphatic heterocycles. The molecule has 6 heteroatoms. The average Bonchev–Trinajstić information content (AvgIpc) is 3.13. The molecule has 0 bridgehead atoms. The third-order valence-corrected chi connectivity index (χ3v) is 5.80. The quantitative estimate of drug-likeness (QED) is 0.548. The molecule has 0 aromatic heterocycles. The molecule has 1 fully saturated rings. The molecule has 1 atom stereocenters. The Hall–Kier alpha value is -4.24. The van der Waals surface area contributed by atoms with Crippen molar-refractivity contribution >= 4 is 23.4 Å². The molecule has 0 spiro atoms. The lowest BCUT2D eigenvalue weighted by Gasteiger charge is -2.28. The van der Waals surface area contributed by atoms with Crippen LogP contribution >= 0.6 is 0 Å². The van der Waals surface area contributed by atoms with Gasteiger partial charge in [0.2, 0.25) is 5.91 Å². The summed E-state index contributed by atoms with van der Waals surface area (Å²) < 4.78 is 0.